The Morgan fingerprint density at radius 1 is 1.18 bits per heavy atom. The van der Waals surface area contributed by atoms with Gasteiger partial charge in [-0.15, -0.1) is 0 Å². The Kier molecular flexibility index (Phi) is 9.36. The van der Waals surface area contributed by atoms with Gasteiger partial charge in [-0.2, -0.15) is 5.26 Å². The summed E-state index contributed by atoms with van der Waals surface area (Å²) in [7, 11) is 0. The standard InChI is InChI=1S/C24H34N6O3/c1-2-33-20-10-8-19(9-11-20)12-13-26-24(27-18-25)28-21-7-3-4-16-30(23(21)32)17-22(31)29-14-5-6-15-29/h8-11,21H,2-7,12-17H2,1H3,(H2,26,27,28)/t21-/m0/s1. The van der Waals surface area contributed by atoms with Gasteiger partial charge in [-0.05, 0) is 63.1 Å². The Bertz CT molecular complexity index is 858. The highest BCUT2D eigenvalue weighted by Crippen LogP contribution is 2.15. The van der Waals surface area contributed by atoms with Crippen LogP contribution in [-0.2, 0) is 16.0 Å². The van der Waals surface area contributed by atoms with Crippen molar-refractivity contribution in [1.82, 2.24) is 20.4 Å². The largest absolute Gasteiger partial charge is 0.494 e. The zero-order chi connectivity index (χ0) is 23.5. The van der Waals surface area contributed by atoms with E-state index >= 15 is 0 Å². The molecular weight excluding hydrogens is 420 g/mol. The molecule has 2 aliphatic rings. The number of carbonyl (C=O) groups excluding carboxylic acids is 2. The summed E-state index contributed by atoms with van der Waals surface area (Å²) < 4.78 is 5.46. The van der Waals surface area contributed by atoms with E-state index in [0.717, 1.165) is 50.1 Å². The van der Waals surface area contributed by atoms with Crippen LogP contribution >= 0.6 is 0 Å². The highest BCUT2D eigenvalue weighted by molar-refractivity contribution is 5.92. The molecule has 33 heavy (non-hydrogen) atoms. The predicted octanol–water partition coefficient (Wildman–Crippen LogP) is 1.65. The summed E-state index contributed by atoms with van der Waals surface area (Å²) in [4.78, 5) is 33.6. The van der Waals surface area contributed by atoms with Crippen molar-refractivity contribution in [2.75, 3.05) is 39.3 Å². The van der Waals surface area contributed by atoms with Gasteiger partial charge in [0.05, 0.1) is 13.2 Å². The van der Waals surface area contributed by atoms with Gasteiger partial charge < -0.3 is 19.9 Å². The van der Waals surface area contributed by atoms with Crippen LogP contribution in [0.25, 0.3) is 0 Å². The maximum absolute atomic E-state index is 13.1. The average Bonchev–Trinajstić information content (AvgIpc) is 3.31. The van der Waals surface area contributed by atoms with Crippen LogP contribution in [0.15, 0.2) is 29.3 Å². The van der Waals surface area contributed by atoms with Crippen molar-refractivity contribution >= 4 is 17.8 Å². The number of amides is 2. The molecule has 0 radical (unpaired) electrons. The number of carbonyl (C=O) groups is 2. The molecule has 2 fully saturated rings. The van der Waals surface area contributed by atoms with E-state index in [0.29, 0.717) is 32.5 Å². The number of ether oxygens (including phenoxy) is 1. The molecule has 1 atom stereocenters. The minimum absolute atomic E-state index is 0.0147. The third-order valence-electron chi connectivity index (χ3n) is 5.96. The number of benzene rings is 1. The van der Waals surface area contributed by atoms with Crippen LogP contribution in [0.5, 0.6) is 5.75 Å². The lowest BCUT2D eigenvalue weighted by Gasteiger charge is -2.27. The number of nitrogens with one attached hydrogen (secondary N) is 2. The number of hydrogen-bond donors (Lipinski definition) is 2. The van der Waals surface area contributed by atoms with Crippen LogP contribution in [0.2, 0.25) is 0 Å². The molecule has 2 N–H and O–H groups in total. The lowest BCUT2D eigenvalue weighted by molar-refractivity contribution is -0.140. The smallest absolute Gasteiger partial charge is 0.245 e. The first-order chi connectivity index (χ1) is 16.1. The van der Waals surface area contributed by atoms with E-state index in [1.165, 1.54) is 0 Å². The summed E-state index contributed by atoms with van der Waals surface area (Å²) in [6.07, 6.45) is 7.00. The molecule has 178 valence electrons. The highest BCUT2D eigenvalue weighted by atomic mass is 16.5. The fourth-order valence-corrected chi connectivity index (χ4v) is 4.18. The summed E-state index contributed by atoms with van der Waals surface area (Å²) in [6, 6.07) is 7.34. The molecule has 2 amide bonds. The molecule has 0 aromatic heterocycles. The first-order valence-electron chi connectivity index (χ1n) is 11.8. The zero-order valence-corrected chi connectivity index (χ0v) is 19.4. The van der Waals surface area contributed by atoms with Crippen molar-refractivity contribution in [1.29, 1.82) is 5.26 Å². The normalized spacial score (nSPS) is 19.1. The molecule has 3 rings (SSSR count). The second-order valence-electron chi connectivity index (χ2n) is 8.33. The number of aliphatic imine (C=N–C) groups is 1. The number of guanidine groups is 1. The van der Waals surface area contributed by atoms with Gasteiger partial charge in [-0.25, -0.2) is 0 Å². The van der Waals surface area contributed by atoms with Crippen molar-refractivity contribution in [2.24, 2.45) is 4.99 Å². The third-order valence-corrected chi connectivity index (χ3v) is 5.96. The number of hydrogen-bond acceptors (Lipinski definition) is 5. The summed E-state index contributed by atoms with van der Waals surface area (Å²) in [5.41, 5.74) is 1.11. The van der Waals surface area contributed by atoms with E-state index < -0.39 is 6.04 Å². The second-order valence-corrected chi connectivity index (χ2v) is 8.33. The van der Waals surface area contributed by atoms with E-state index in [1.54, 1.807) is 4.90 Å². The van der Waals surface area contributed by atoms with E-state index in [1.807, 2.05) is 42.3 Å². The molecule has 2 aliphatic heterocycles. The molecule has 0 bridgehead atoms. The summed E-state index contributed by atoms with van der Waals surface area (Å²) >= 11 is 0. The highest BCUT2D eigenvalue weighted by Gasteiger charge is 2.30. The predicted molar refractivity (Wildman–Crippen MR) is 126 cm³/mol. The molecule has 0 unspecified atom stereocenters. The molecule has 2 heterocycles. The van der Waals surface area contributed by atoms with Crippen molar-refractivity contribution in [2.45, 2.75) is 51.5 Å². The monoisotopic (exact) mass is 454 g/mol. The first-order valence-corrected chi connectivity index (χ1v) is 11.8. The summed E-state index contributed by atoms with van der Waals surface area (Å²) in [6.45, 7) is 5.29. The Hall–Kier alpha value is -3.28. The Balaban J connectivity index is 1.57. The van der Waals surface area contributed by atoms with E-state index in [4.69, 9.17) is 10.00 Å². The van der Waals surface area contributed by atoms with Gasteiger partial charge in [-0.1, -0.05) is 12.1 Å². The van der Waals surface area contributed by atoms with E-state index in [2.05, 4.69) is 15.6 Å². The minimum atomic E-state index is -0.510. The molecular formula is C24H34N6O3. The first kappa shape index (κ1) is 24.4. The summed E-state index contributed by atoms with van der Waals surface area (Å²) in [5.74, 6) is 1.02. The molecule has 9 heteroatoms. The zero-order valence-electron chi connectivity index (χ0n) is 19.4. The van der Waals surface area contributed by atoms with Crippen LogP contribution in [0.3, 0.4) is 0 Å². The Morgan fingerprint density at radius 2 is 1.91 bits per heavy atom. The third kappa shape index (κ3) is 7.38. The van der Waals surface area contributed by atoms with Crippen LogP contribution in [-0.4, -0.2) is 72.9 Å². The minimum Gasteiger partial charge on any atom is -0.494 e. The maximum atomic E-state index is 13.1. The van der Waals surface area contributed by atoms with E-state index in [-0.39, 0.29) is 24.3 Å². The average molecular weight is 455 g/mol. The van der Waals surface area contributed by atoms with Crippen molar-refractivity contribution in [3.05, 3.63) is 29.8 Å². The van der Waals surface area contributed by atoms with Gasteiger partial charge in [0.25, 0.3) is 0 Å². The number of nitrogens with zero attached hydrogens (tertiary/aromatic N) is 4. The molecule has 2 saturated heterocycles. The quantitative estimate of drug-likeness (QED) is 0.268. The van der Waals surface area contributed by atoms with Crippen LogP contribution in [0.1, 0.15) is 44.6 Å². The molecule has 0 spiro atoms. The lowest BCUT2D eigenvalue weighted by atomic mass is 10.1. The Morgan fingerprint density at radius 3 is 2.61 bits per heavy atom. The van der Waals surface area contributed by atoms with Gasteiger partial charge in [-0.3, -0.25) is 19.9 Å². The van der Waals surface area contributed by atoms with Crippen molar-refractivity contribution in [3.63, 3.8) is 0 Å². The van der Waals surface area contributed by atoms with Crippen LogP contribution < -0.4 is 15.4 Å². The van der Waals surface area contributed by atoms with Crippen LogP contribution in [0, 0.1) is 11.5 Å². The second kappa shape index (κ2) is 12.7. The molecule has 9 nitrogen and oxygen atoms in total. The molecule has 0 saturated carbocycles. The summed E-state index contributed by atoms with van der Waals surface area (Å²) in [5, 5.41) is 14.8. The van der Waals surface area contributed by atoms with Crippen molar-refractivity contribution in [3.8, 4) is 11.9 Å². The van der Waals surface area contributed by atoms with Gasteiger partial charge in [0, 0.05) is 26.2 Å². The maximum Gasteiger partial charge on any atom is 0.245 e. The topological polar surface area (TPSA) is 110 Å². The van der Waals surface area contributed by atoms with Gasteiger partial charge in [0.15, 0.2) is 6.19 Å². The van der Waals surface area contributed by atoms with Crippen molar-refractivity contribution < 1.29 is 14.3 Å². The number of rotatable bonds is 8. The van der Waals surface area contributed by atoms with Crippen LogP contribution in [0.4, 0.5) is 0 Å². The van der Waals surface area contributed by atoms with Gasteiger partial charge in [0.1, 0.15) is 11.8 Å². The Labute approximate surface area is 195 Å². The molecule has 0 aliphatic carbocycles. The van der Waals surface area contributed by atoms with E-state index in [9.17, 15) is 9.59 Å². The fourth-order valence-electron chi connectivity index (χ4n) is 4.18. The molecule has 1 aromatic carbocycles. The SMILES string of the molecule is CCOc1ccc(CCN=C(NC#N)N[C@H]2CCCCN(CC(=O)N3CCCC3)C2=O)cc1. The molecule has 1 aromatic rings. The lowest BCUT2D eigenvalue weighted by Crippen LogP contribution is -2.52. The fraction of sp³-hybridized carbons (Fsp3) is 0.583. The van der Waals surface area contributed by atoms with Gasteiger partial charge >= 0.3 is 0 Å². The number of nitriles is 1. The number of likely N-dealkylation sites (tertiary alicyclic amines) is 2. The van der Waals surface area contributed by atoms with Gasteiger partial charge in [0.2, 0.25) is 17.8 Å².